The molecule has 6 heteroatoms. The van der Waals surface area contributed by atoms with Crippen LogP contribution in [0.1, 0.15) is 23.0 Å². The number of rotatable bonds is 2. The predicted molar refractivity (Wildman–Crippen MR) is 68.1 cm³/mol. The lowest BCUT2D eigenvalue weighted by molar-refractivity contribution is 0.112. The summed E-state index contributed by atoms with van der Waals surface area (Å²) in [7, 11) is 0. The maximum Gasteiger partial charge on any atom is 0.178 e. The van der Waals surface area contributed by atoms with Gasteiger partial charge in [-0.2, -0.15) is 5.10 Å². The highest BCUT2D eigenvalue weighted by atomic mass is 35.5. The van der Waals surface area contributed by atoms with Crippen molar-refractivity contribution in [2.75, 3.05) is 0 Å². The molecule has 5 nitrogen and oxygen atoms in total. The summed E-state index contributed by atoms with van der Waals surface area (Å²) in [5.41, 5.74) is 3.25. The van der Waals surface area contributed by atoms with Crippen molar-refractivity contribution in [1.82, 2.24) is 19.8 Å². The zero-order valence-corrected chi connectivity index (χ0v) is 10.3. The summed E-state index contributed by atoms with van der Waals surface area (Å²) in [5, 5.41) is 12.9. The van der Waals surface area contributed by atoms with E-state index in [1.165, 1.54) is 0 Å². The van der Waals surface area contributed by atoms with Crippen LogP contribution in [0, 0.1) is 0 Å². The number of carbonyl (C=O) groups is 1. The van der Waals surface area contributed by atoms with Crippen LogP contribution in [0.5, 0.6) is 0 Å². The molecule has 0 saturated heterocycles. The van der Waals surface area contributed by atoms with Gasteiger partial charge in [-0.1, -0.05) is 18.5 Å². The third-order valence-corrected chi connectivity index (χ3v) is 3.23. The predicted octanol–water partition coefficient (Wildman–Crippen LogP) is 2.31. The molecule has 0 amide bonds. The van der Waals surface area contributed by atoms with E-state index in [0.29, 0.717) is 28.0 Å². The summed E-state index contributed by atoms with van der Waals surface area (Å²) in [4.78, 5) is 10.8. The van der Waals surface area contributed by atoms with Crippen molar-refractivity contribution in [2.45, 2.75) is 13.3 Å². The molecule has 0 aliphatic heterocycles. The topological polar surface area (TPSA) is 60.2 Å². The zero-order chi connectivity index (χ0) is 12.7. The number of hydrogen-bond donors (Lipinski definition) is 0. The third-order valence-electron chi connectivity index (χ3n) is 2.84. The summed E-state index contributed by atoms with van der Waals surface area (Å²) >= 11 is 6.11. The number of nitrogens with zero attached hydrogens (tertiary/aromatic N) is 4. The molecule has 0 bridgehead atoms. The number of fused-ring (bicyclic) bond motifs is 3. The molecule has 2 heterocycles. The number of hydrogen-bond acceptors (Lipinski definition) is 4. The lowest BCUT2D eigenvalue weighted by atomic mass is 10.2. The number of aldehydes is 1. The first-order chi connectivity index (χ1) is 8.74. The van der Waals surface area contributed by atoms with Crippen molar-refractivity contribution in [1.29, 1.82) is 0 Å². The van der Waals surface area contributed by atoms with Gasteiger partial charge < -0.3 is 0 Å². The van der Waals surface area contributed by atoms with Gasteiger partial charge in [0.05, 0.1) is 16.2 Å². The van der Waals surface area contributed by atoms with Crippen molar-refractivity contribution in [3.05, 3.63) is 34.5 Å². The van der Waals surface area contributed by atoms with E-state index in [9.17, 15) is 4.79 Å². The van der Waals surface area contributed by atoms with Crippen molar-refractivity contribution in [3.8, 4) is 0 Å². The first-order valence-electron chi connectivity index (χ1n) is 5.53. The molecular formula is C12H9ClN4O. The molecule has 18 heavy (non-hydrogen) atoms. The molecule has 90 valence electrons. The van der Waals surface area contributed by atoms with Crippen LogP contribution in [-0.2, 0) is 6.42 Å². The van der Waals surface area contributed by atoms with Gasteiger partial charge in [0.15, 0.2) is 11.9 Å². The zero-order valence-electron chi connectivity index (χ0n) is 9.59. The molecule has 0 aliphatic carbocycles. The third kappa shape index (κ3) is 1.48. The van der Waals surface area contributed by atoms with Crippen LogP contribution in [0.15, 0.2) is 18.2 Å². The second kappa shape index (κ2) is 4.03. The first-order valence-corrected chi connectivity index (χ1v) is 5.91. The minimum Gasteiger partial charge on any atom is -0.298 e. The van der Waals surface area contributed by atoms with Gasteiger partial charge in [0, 0.05) is 11.6 Å². The molecule has 0 spiro atoms. The highest BCUT2D eigenvalue weighted by molar-refractivity contribution is 6.37. The van der Waals surface area contributed by atoms with Crippen LogP contribution in [-0.4, -0.2) is 26.1 Å². The van der Waals surface area contributed by atoms with Gasteiger partial charge in [0.2, 0.25) is 0 Å². The highest BCUT2D eigenvalue weighted by Crippen LogP contribution is 2.24. The Kier molecular flexibility index (Phi) is 2.48. The van der Waals surface area contributed by atoms with E-state index < -0.39 is 0 Å². The fourth-order valence-corrected chi connectivity index (χ4v) is 2.11. The molecule has 0 N–H and O–H groups in total. The van der Waals surface area contributed by atoms with Crippen molar-refractivity contribution in [2.24, 2.45) is 0 Å². The molecule has 1 aromatic carbocycles. The number of carbonyl (C=O) groups excluding carboxylic acids is 1. The molecule has 0 saturated carbocycles. The van der Waals surface area contributed by atoms with Gasteiger partial charge in [-0.05, 0) is 18.6 Å². The minimum atomic E-state index is 0.311. The SMILES string of the molecule is CCc1cc2nnc3c(Cl)c(C=O)ccc3n2n1. The highest BCUT2D eigenvalue weighted by Gasteiger charge is 2.11. The quantitative estimate of drug-likeness (QED) is 0.664. The second-order valence-electron chi connectivity index (χ2n) is 3.91. The van der Waals surface area contributed by atoms with Crippen molar-refractivity contribution in [3.63, 3.8) is 0 Å². The monoisotopic (exact) mass is 260 g/mol. The smallest absolute Gasteiger partial charge is 0.178 e. The van der Waals surface area contributed by atoms with Crippen LogP contribution in [0.25, 0.3) is 16.7 Å². The van der Waals surface area contributed by atoms with Crippen LogP contribution < -0.4 is 0 Å². The van der Waals surface area contributed by atoms with Gasteiger partial charge in [-0.25, -0.2) is 4.52 Å². The van der Waals surface area contributed by atoms with Gasteiger partial charge in [-0.3, -0.25) is 4.79 Å². The molecule has 0 atom stereocenters. The van der Waals surface area contributed by atoms with Gasteiger partial charge >= 0.3 is 0 Å². The summed E-state index contributed by atoms with van der Waals surface area (Å²) in [6.45, 7) is 2.02. The fourth-order valence-electron chi connectivity index (χ4n) is 1.87. The van der Waals surface area contributed by atoms with Crippen LogP contribution in [0.4, 0.5) is 0 Å². The average Bonchev–Trinajstić information content (AvgIpc) is 2.82. The Morgan fingerprint density at radius 3 is 2.94 bits per heavy atom. The molecule has 0 fully saturated rings. The van der Waals surface area contributed by atoms with E-state index in [-0.39, 0.29) is 0 Å². The maximum atomic E-state index is 10.8. The molecular weight excluding hydrogens is 252 g/mol. The Labute approximate surface area is 107 Å². The Hall–Kier alpha value is -2.01. The second-order valence-corrected chi connectivity index (χ2v) is 4.29. The Balaban J connectivity index is 2.44. The summed E-state index contributed by atoms with van der Waals surface area (Å²) < 4.78 is 1.70. The summed E-state index contributed by atoms with van der Waals surface area (Å²) in [6.07, 6.45) is 1.53. The molecule has 0 unspecified atom stereocenters. The molecule has 2 aromatic heterocycles. The van der Waals surface area contributed by atoms with E-state index in [0.717, 1.165) is 17.6 Å². The van der Waals surface area contributed by atoms with E-state index in [1.54, 1.807) is 16.6 Å². The lowest BCUT2D eigenvalue weighted by Gasteiger charge is -2.02. The number of benzene rings is 1. The molecule has 3 aromatic rings. The van der Waals surface area contributed by atoms with Gasteiger partial charge in [0.25, 0.3) is 0 Å². The lowest BCUT2D eigenvalue weighted by Crippen LogP contribution is -1.98. The Morgan fingerprint density at radius 2 is 2.22 bits per heavy atom. The van der Waals surface area contributed by atoms with E-state index >= 15 is 0 Å². The summed E-state index contributed by atoms with van der Waals surface area (Å²) in [6, 6.07) is 5.32. The minimum absolute atomic E-state index is 0.311. The Bertz CT molecular complexity index is 765. The standard InChI is InChI=1S/C12H9ClN4O/c1-2-8-5-10-14-15-12-9(17(10)16-8)4-3-7(6-18)11(12)13/h3-6H,2H2,1H3. The van der Waals surface area contributed by atoms with E-state index in [2.05, 4.69) is 15.3 Å². The number of aryl methyl sites for hydroxylation is 1. The molecule has 0 aliphatic rings. The molecule has 0 radical (unpaired) electrons. The van der Waals surface area contributed by atoms with Crippen molar-refractivity contribution >= 4 is 34.6 Å². The summed E-state index contributed by atoms with van der Waals surface area (Å²) in [5.74, 6) is 0. The van der Waals surface area contributed by atoms with Gasteiger partial charge in [0.1, 0.15) is 5.52 Å². The van der Waals surface area contributed by atoms with Gasteiger partial charge in [-0.15, -0.1) is 10.2 Å². The fraction of sp³-hybridized carbons (Fsp3) is 0.167. The van der Waals surface area contributed by atoms with Crippen LogP contribution in [0.3, 0.4) is 0 Å². The molecule has 3 rings (SSSR count). The first kappa shape index (κ1) is 11.1. The maximum absolute atomic E-state index is 10.8. The van der Waals surface area contributed by atoms with E-state index in [4.69, 9.17) is 11.6 Å². The average molecular weight is 261 g/mol. The Morgan fingerprint density at radius 1 is 1.39 bits per heavy atom. The van der Waals surface area contributed by atoms with Crippen LogP contribution in [0.2, 0.25) is 5.02 Å². The van der Waals surface area contributed by atoms with E-state index in [1.807, 2.05) is 13.0 Å². The van der Waals surface area contributed by atoms with Crippen LogP contribution >= 0.6 is 11.6 Å². The number of aromatic nitrogens is 4. The largest absolute Gasteiger partial charge is 0.298 e. The normalized spacial score (nSPS) is 11.2. The van der Waals surface area contributed by atoms with Crippen molar-refractivity contribution < 1.29 is 4.79 Å². The number of halogens is 1.